The van der Waals surface area contributed by atoms with Crippen LogP contribution in [0.3, 0.4) is 0 Å². The van der Waals surface area contributed by atoms with E-state index in [0.29, 0.717) is 14.6 Å². The number of carboxylic acid groups (broad SMARTS) is 1. The average Bonchev–Trinajstić information content (AvgIpc) is 2.65. The first-order valence-electron chi connectivity index (χ1n) is 3.40. The van der Waals surface area contributed by atoms with Crippen LogP contribution in [-0.4, -0.2) is 28.9 Å². The number of Topliss-reactive ketones (excluding diaryl/α,β-unsaturated/α-hetero) is 1. The number of anilines is 1. The summed E-state index contributed by atoms with van der Waals surface area (Å²) in [6.45, 7) is 0. The standard InChI is InChI=1S/C6H6N2O3S.2HI.V/c1-7-6-8-3(2-12-6)4(9)5(10)11;;;/h2H,1H3,(H,7,8)(H,10,11);2*1H;/q;;;+2/p-2. The summed E-state index contributed by atoms with van der Waals surface area (Å²) in [5.74, 6) is -2.46. The Labute approximate surface area is 119 Å². The number of hydrogen-bond donors (Lipinski definition) is 2. The van der Waals surface area contributed by atoms with Crippen LogP contribution >= 0.6 is 51.3 Å². The van der Waals surface area contributed by atoms with Crippen LogP contribution in [-0.2, 0) is 14.3 Å². The van der Waals surface area contributed by atoms with Gasteiger partial charge in [0.25, 0.3) is 5.78 Å². The van der Waals surface area contributed by atoms with Crippen LogP contribution in [0, 0.1) is 0 Å². The number of hydrogen-bond acceptors (Lipinski definition) is 5. The van der Waals surface area contributed by atoms with Gasteiger partial charge >= 0.3 is 55.4 Å². The third kappa shape index (κ3) is 6.04. The molecule has 15 heavy (non-hydrogen) atoms. The maximum atomic E-state index is 10.8. The first kappa shape index (κ1) is 15.6. The van der Waals surface area contributed by atoms with Crippen molar-refractivity contribution in [3.05, 3.63) is 11.1 Å². The van der Waals surface area contributed by atoms with Crippen molar-refractivity contribution in [1.82, 2.24) is 4.98 Å². The number of thiazole rings is 1. The molecule has 5 nitrogen and oxygen atoms in total. The summed E-state index contributed by atoms with van der Waals surface area (Å²) in [6, 6.07) is 0. The molecule has 1 aromatic heterocycles. The molecule has 2 N–H and O–H groups in total. The van der Waals surface area contributed by atoms with Gasteiger partial charge in [0.15, 0.2) is 5.13 Å². The van der Waals surface area contributed by atoms with Crippen LogP contribution in [0.15, 0.2) is 5.38 Å². The topological polar surface area (TPSA) is 79.3 Å². The van der Waals surface area contributed by atoms with Gasteiger partial charge in [-0.3, -0.25) is 4.79 Å². The normalized spacial score (nSPS) is 8.47. The van der Waals surface area contributed by atoms with Gasteiger partial charge in [0.1, 0.15) is 5.69 Å². The fourth-order valence-corrected chi connectivity index (χ4v) is 1.25. The van der Waals surface area contributed by atoms with E-state index in [-0.39, 0.29) is 5.69 Å². The van der Waals surface area contributed by atoms with Gasteiger partial charge in [-0.25, -0.2) is 9.78 Å². The van der Waals surface area contributed by atoms with E-state index in [4.69, 9.17) is 5.11 Å². The molecule has 0 saturated carbocycles. The van der Waals surface area contributed by atoms with Crippen LogP contribution in [0.2, 0.25) is 0 Å². The number of aromatic nitrogens is 1. The molecule has 0 atom stereocenters. The third-order valence-electron chi connectivity index (χ3n) is 1.14. The Bertz CT molecular complexity index is 347. The van der Waals surface area contributed by atoms with Crippen LogP contribution in [0.4, 0.5) is 5.13 Å². The number of rotatable bonds is 3. The zero-order valence-corrected chi connectivity index (χ0v) is 13.9. The van der Waals surface area contributed by atoms with Crippen molar-refractivity contribution in [2.45, 2.75) is 0 Å². The predicted octanol–water partition coefficient (Wildman–Crippen LogP) is 2.22. The van der Waals surface area contributed by atoms with Gasteiger partial charge in [-0.2, -0.15) is 0 Å². The Hall–Kier alpha value is 0.614. The van der Waals surface area contributed by atoms with Crippen LogP contribution in [0.1, 0.15) is 10.5 Å². The van der Waals surface area contributed by atoms with Gasteiger partial charge in [0, 0.05) is 12.4 Å². The molecule has 1 aromatic rings. The maximum absolute atomic E-state index is 10.8. The molecule has 0 radical (unpaired) electrons. The van der Waals surface area contributed by atoms with Gasteiger partial charge in [-0.15, -0.1) is 11.3 Å². The minimum absolute atomic E-state index is 0.0307. The van der Waals surface area contributed by atoms with E-state index in [0.717, 1.165) is 0 Å². The Balaban J connectivity index is 0.000000583. The average molecular weight is 491 g/mol. The number of halogens is 2. The molecule has 0 amide bonds. The van der Waals surface area contributed by atoms with E-state index in [9.17, 15) is 9.59 Å². The summed E-state index contributed by atoms with van der Waals surface area (Å²) in [6.07, 6.45) is 0. The second-order valence-electron chi connectivity index (χ2n) is 1.99. The second-order valence-corrected chi connectivity index (χ2v) is 14.6. The molecule has 0 saturated heterocycles. The number of carbonyl (C=O) groups is 2. The van der Waals surface area contributed by atoms with Crippen molar-refractivity contribution < 1.29 is 24.2 Å². The van der Waals surface area contributed by atoms with E-state index in [1.807, 2.05) is 0 Å². The molecule has 0 unspecified atom stereocenters. The van der Waals surface area contributed by atoms with Gasteiger partial charge in [-0.1, -0.05) is 0 Å². The summed E-state index contributed by atoms with van der Waals surface area (Å²) >= 11 is 5.93. The summed E-state index contributed by atoms with van der Waals surface area (Å²) in [4.78, 5) is 24.7. The van der Waals surface area contributed by atoms with Crippen molar-refractivity contribution in [2.75, 3.05) is 12.4 Å². The van der Waals surface area contributed by atoms with Crippen LogP contribution in [0.5, 0.6) is 0 Å². The minimum atomic E-state index is -1.48. The fourth-order valence-electron chi connectivity index (χ4n) is 0.602. The first-order valence-corrected chi connectivity index (χ1v) is 13.3. The molecule has 0 aromatic carbocycles. The number of carbonyl (C=O) groups excluding carboxylic acids is 1. The Morgan fingerprint density at radius 2 is 2.13 bits per heavy atom. The van der Waals surface area contributed by atoms with Crippen molar-refractivity contribution in [3.63, 3.8) is 0 Å². The van der Waals surface area contributed by atoms with E-state index in [2.05, 4.69) is 50.3 Å². The molecular weight excluding hydrogens is 485 g/mol. The predicted molar refractivity (Wildman–Crippen MR) is 71.7 cm³/mol. The van der Waals surface area contributed by atoms with Crippen molar-refractivity contribution in [1.29, 1.82) is 0 Å². The summed E-state index contributed by atoms with van der Waals surface area (Å²) in [7, 11) is 2.27. The zero-order valence-electron chi connectivity index (χ0n) is 7.40. The number of nitrogens with one attached hydrogen (secondary N) is 1. The molecule has 9 heteroatoms. The molecule has 1 rings (SSSR count). The summed E-state index contributed by atoms with van der Waals surface area (Å²) < 4.78 is 0. The number of aliphatic carboxylic acids is 1. The number of ketones is 1. The summed E-state index contributed by atoms with van der Waals surface area (Å²) in [5, 5.41) is 12.9. The van der Waals surface area contributed by atoms with Gasteiger partial charge < -0.3 is 10.4 Å². The number of nitrogens with zero attached hydrogens (tertiary/aromatic N) is 1. The van der Waals surface area contributed by atoms with Crippen molar-refractivity contribution >= 4 is 68.2 Å². The fraction of sp³-hybridized carbons (Fsp3) is 0.167. The van der Waals surface area contributed by atoms with Crippen LogP contribution < -0.4 is 5.32 Å². The Morgan fingerprint density at radius 1 is 1.60 bits per heavy atom. The van der Waals surface area contributed by atoms with E-state index in [1.54, 1.807) is 7.05 Å². The monoisotopic (exact) mass is 491 g/mol. The third-order valence-corrected chi connectivity index (χ3v) is 2.00. The summed E-state index contributed by atoms with van der Waals surface area (Å²) in [5.41, 5.74) is -0.0307. The SMILES string of the molecule is CNc1nc(C(=O)C(=O)O)cs1.[I][V][I]. The molecule has 0 fully saturated rings. The zero-order chi connectivity index (χ0) is 11.8. The Morgan fingerprint density at radius 3 is 2.47 bits per heavy atom. The first-order chi connectivity index (χ1) is 7.06. The van der Waals surface area contributed by atoms with E-state index in [1.165, 1.54) is 16.7 Å². The van der Waals surface area contributed by atoms with Gasteiger partial charge in [0.05, 0.1) is 0 Å². The molecule has 0 aliphatic rings. The molecule has 0 aliphatic heterocycles. The van der Waals surface area contributed by atoms with E-state index >= 15 is 0 Å². The molecule has 0 aliphatic carbocycles. The van der Waals surface area contributed by atoms with Crippen molar-refractivity contribution in [2.24, 2.45) is 0 Å². The second kappa shape index (κ2) is 8.73. The van der Waals surface area contributed by atoms with Crippen LogP contribution in [0.25, 0.3) is 0 Å². The molecular formula is C6H6I2N2O3SV. The molecule has 0 bridgehead atoms. The molecule has 83 valence electrons. The van der Waals surface area contributed by atoms with Gasteiger partial charge in [0.2, 0.25) is 0 Å². The Kier molecular flexibility index (Phi) is 9.09. The van der Waals surface area contributed by atoms with E-state index < -0.39 is 11.8 Å². The molecule has 0 spiro atoms. The quantitative estimate of drug-likeness (QED) is 0.386. The molecule has 1 heterocycles. The van der Waals surface area contributed by atoms with Gasteiger partial charge in [-0.05, 0) is 0 Å². The number of carboxylic acids is 1. The van der Waals surface area contributed by atoms with Crippen molar-refractivity contribution in [3.8, 4) is 0 Å².